The van der Waals surface area contributed by atoms with E-state index in [9.17, 15) is 12.8 Å². The van der Waals surface area contributed by atoms with Crippen LogP contribution in [0.5, 0.6) is 0 Å². The molecule has 0 aliphatic rings. The standard InChI is InChI=1S/C15H24FNO2S/c1-6-7-17-15(12(4)20(5,18)19)14-11(3)8-10(2)9-13(14)16/h8-9,12,15,17H,6-7H2,1-5H3. The molecular weight excluding hydrogens is 277 g/mol. The number of halogens is 1. The summed E-state index contributed by atoms with van der Waals surface area (Å²) < 4.78 is 38.0. The van der Waals surface area contributed by atoms with Crippen LogP contribution < -0.4 is 5.32 Å². The molecule has 0 bridgehead atoms. The van der Waals surface area contributed by atoms with E-state index >= 15 is 0 Å². The van der Waals surface area contributed by atoms with E-state index in [0.29, 0.717) is 12.1 Å². The minimum atomic E-state index is -3.25. The van der Waals surface area contributed by atoms with E-state index in [2.05, 4.69) is 5.32 Å². The van der Waals surface area contributed by atoms with E-state index in [4.69, 9.17) is 0 Å². The molecule has 2 atom stereocenters. The van der Waals surface area contributed by atoms with Gasteiger partial charge in [0.2, 0.25) is 0 Å². The third-order valence-corrected chi connectivity index (χ3v) is 5.17. The summed E-state index contributed by atoms with van der Waals surface area (Å²) >= 11 is 0. The lowest BCUT2D eigenvalue weighted by Gasteiger charge is -2.26. The van der Waals surface area contributed by atoms with Gasteiger partial charge in [-0.3, -0.25) is 0 Å². The maximum atomic E-state index is 14.3. The molecule has 0 fully saturated rings. The van der Waals surface area contributed by atoms with Gasteiger partial charge in [0, 0.05) is 11.8 Å². The summed E-state index contributed by atoms with van der Waals surface area (Å²) in [5, 5.41) is 2.50. The molecule has 0 aliphatic carbocycles. The van der Waals surface area contributed by atoms with Crippen LogP contribution in [0.1, 0.15) is 43.0 Å². The molecule has 1 rings (SSSR count). The predicted molar refractivity (Wildman–Crippen MR) is 81.2 cm³/mol. The van der Waals surface area contributed by atoms with Gasteiger partial charge < -0.3 is 5.32 Å². The molecule has 0 radical (unpaired) electrons. The van der Waals surface area contributed by atoms with E-state index in [1.54, 1.807) is 6.92 Å². The van der Waals surface area contributed by atoms with Crippen molar-refractivity contribution in [2.75, 3.05) is 12.8 Å². The Morgan fingerprint density at radius 3 is 2.35 bits per heavy atom. The molecule has 0 aliphatic heterocycles. The SMILES string of the molecule is CCCNC(c1c(C)cc(C)cc1F)C(C)S(C)(=O)=O. The molecule has 1 N–H and O–H groups in total. The fourth-order valence-electron chi connectivity index (χ4n) is 2.37. The Bertz CT molecular complexity index is 546. The summed E-state index contributed by atoms with van der Waals surface area (Å²) in [4.78, 5) is 0. The molecule has 5 heteroatoms. The van der Waals surface area contributed by atoms with Crippen LogP contribution in [0.4, 0.5) is 4.39 Å². The fourth-order valence-corrected chi connectivity index (χ4v) is 3.10. The molecule has 1 aromatic carbocycles. The van der Waals surface area contributed by atoms with Crippen LogP contribution in [0.25, 0.3) is 0 Å². The summed E-state index contributed by atoms with van der Waals surface area (Å²) in [5.74, 6) is -0.341. The fraction of sp³-hybridized carbons (Fsp3) is 0.600. The van der Waals surface area contributed by atoms with Crippen LogP contribution in [0.3, 0.4) is 0 Å². The predicted octanol–water partition coefficient (Wildman–Crippen LogP) is 2.92. The lowest BCUT2D eigenvalue weighted by atomic mass is 9.96. The summed E-state index contributed by atoms with van der Waals surface area (Å²) in [5.41, 5.74) is 2.08. The maximum absolute atomic E-state index is 14.3. The van der Waals surface area contributed by atoms with Crippen molar-refractivity contribution in [2.24, 2.45) is 0 Å². The molecular formula is C15H24FNO2S. The van der Waals surface area contributed by atoms with Gasteiger partial charge in [-0.15, -0.1) is 0 Å². The number of hydrogen-bond donors (Lipinski definition) is 1. The van der Waals surface area contributed by atoms with Crippen LogP contribution in [0, 0.1) is 19.7 Å². The highest BCUT2D eigenvalue weighted by molar-refractivity contribution is 7.91. The Hall–Kier alpha value is -0.940. The largest absolute Gasteiger partial charge is 0.309 e. The second kappa shape index (κ2) is 6.68. The van der Waals surface area contributed by atoms with Crippen molar-refractivity contribution < 1.29 is 12.8 Å². The van der Waals surface area contributed by atoms with Gasteiger partial charge >= 0.3 is 0 Å². The Morgan fingerprint density at radius 1 is 1.30 bits per heavy atom. The zero-order valence-corrected chi connectivity index (χ0v) is 13.6. The van der Waals surface area contributed by atoms with Gasteiger partial charge in [-0.1, -0.05) is 13.0 Å². The Balaban J connectivity index is 3.31. The van der Waals surface area contributed by atoms with Crippen LogP contribution >= 0.6 is 0 Å². The molecule has 2 unspecified atom stereocenters. The maximum Gasteiger partial charge on any atom is 0.151 e. The minimum absolute atomic E-state index is 0.341. The Kier molecular flexibility index (Phi) is 5.71. The second-order valence-corrected chi connectivity index (χ2v) is 7.85. The molecule has 0 spiro atoms. The summed E-state index contributed by atoms with van der Waals surface area (Å²) in [6.07, 6.45) is 2.05. The zero-order valence-electron chi connectivity index (χ0n) is 12.8. The monoisotopic (exact) mass is 301 g/mol. The second-order valence-electron chi connectivity index (χ2n) is 5.44. The average molecular weight is 301 g/mol. The normalized spacial score (nSPS) is 15.1. The minimum Gasteiger partial charge on any atom is -0.309 e. The van der Waals surface area contributed by atoms with Crippen molar-refractivity contribution in [3.8, 4) is 0 Å². The first-order valence-electron chi connectivity index (χ1n) is 6.87. The van der Waals surface area contributed by atoms with E-state index in [-0.39, 0.29) is 5.82 Å². The van der Waals surface area contributed by atoms with Gasteiger partial charge in [-0.05, 0) is 50.9 Å². The lowest BCUT2D eigenvalue weighted by molar-refractivity contribution is 0.476. The molecule has 0 saturated heterocycles. The van der Waals surface area contributed by atoms with Crippen LogP contribution in [-0.2, 0) is 9.84 Å². The summed E-state index contributed by atoms with van der Waals surface area (Å²) in [7, 11) is -3.25. The molecule has 0 heterocycles. The van der Waals surface area contributed by atoms with Gasteiger partial charge in [0.1, 0.15) is 5.82 Å². The van der Waals surface area contributed by atoms with Gasteiger partial charge in [-0.25, -0.2) is 12.8 Å². The number of sulfone groups is 1. The number of hydrogen-bond acceptors (Lipinski definition) is 3. The molecule has 3 nitrogen and oxygen atoms in total. The average Bonchev–Trinajstić information content (AvgIpc) is 2.30. The van der Waals surface area contributed by atoms with E-state index in [0.717, 1.165) is 17.5 Å². The molecule has 0 amide bonds. The summed E-state index contributed by atoms with van der Waals surface area (Å²) in [6.45, 7) is 7.92. The molecule has 20 heavy (non-hydrogen) atoms. The smallest absolute Gasteiger partial charge is 0.151 e. The zero-order chi connectivity index (χ0) is 15.5. The topological polar surface area (TPSA) is 46.2 Å². The molecule has 0 saturated carbocycles. The lowest BCUT2D eigenvalue weighted by Crippen LogP contribution is -2.36. The van der Waals surface area contributed by atoms with Crippen LogP contribution in [0.2, 0.25) is 0 Å². The summed E-state index contributed by atoms with van der Waals surface area (Å²) in [6, 6.07) is 2.82. The van der Waals surface area contributed by atoms with Crippen molar-refractivity contribution in [2.45, 2.75) is 45.4 Å². The third-order valence-electron chi connectivity index (χ3n) is 3.55. The van der Waals surface area contributed by atoms with Gasteiger partial charge in [0.05, 0.1) is 11.3 Å². The number of benzene rings is 1. The highest BCUT2D eigenvalue weighted by Crippen LogP contribution is 2.28. The highest BCUT2D eigenvalue weighted by atomic mass is 32.2. The van der Waals surface area contributed by atoms with Crippen molar-refractivity contribution in [3.63, 3.8) is 0 Å². The number of aryl methyl sites for hydroxylation is 2. The van der Waals surface area contributed by atoms with Gasteiger partial charge in [-0.2, -0.15) is 0 Å². The van der Waals surface area contributed by atoms with Crippen molar-refractivity contribution in [1.29, 1.82) is 0 Å². The van der Waals surface area contributed by atoms with Crippen molar-refractivity contribution in [3.05, 3.63) is 34.6 Å². The van der Waals surface area contributed by atoms with Crippen LogP contribution in [0.15, 0.2) is 12.1 Å². The van der Waals surface area contributed by atoms with E-state index < -0.39 is 21.1 Å². The first-order valence-corrected chi connectivity index (χ1v) is 8.82. The van der Waals surface area contributed by atoms with Crippen LogP contribution in [-0.4, -0.2) is 26.5 Å². The van der Waals surface area contributed by atoms with E-state index in [1.807, 2.05) is 26.8 Å². The van der Waals surface area contributed by atoms with Crippen molar-refractivity contribution in [1.82, 2.24) is 5.32 Å². The first kappa shape index (κ1) is 17.1. The molecule has 1 aromatic rings. The third kappa shape index (κ3) is 4.03. The first-order chi connectivity index (χ1) is 9.18. The quantitative estimate of drug-likeness (QED) is 0.879. The molecule has 0 aromatic heterocycles. The highest BCUT2D eigenvalue weighted by Gasteiger charge is 2.30. The van der Waals surface area contributed by atoms with Crippen molar-refractivity contribution >= 4 is 9.84 Å². The number of nitrogens with one attached hydrogen (secondary N) is 1. The number of rotatable bonds is 6. The Morgan fingerprint density at radius 2 is 1.90 bits per heavy atom. The van der Waals surface area contributed by atoms with E-state index in [1.165, 1.54) is 12.3 Å². The Labute approximate surface area is 121 Å². The van der Waals surface area contributed by atoms with Gasteiger partial charge in [0.15, 0.2) is 9.84 Å². The van der Waals surface area contributed by atoms with Gasteiger partial charge in [0.25, 0.3) is 0 Å². The molecule has 114 valence electrons.